The second-order valence-corrected chi connectivity index (χ2v) is 12.3. The molecule has 0 bridgehead atoms. The number of allylic oxidation sites excluding steroid dienone is 1. The second kappa shape index (κ2) is 10.5. The average molecular weight is 569 g/mol. The molecule has 0 aliphatic heterocycles. The van der Waals surface area contributed by atoms with Gasteiger partial charge in [-0.3, -0.25) is 19.3 Å². The van der Waals surface area contributed by atoms with Crippen LogP contribution in [0.4, 0.5) is 5.69 Å². The zero-order valence-corrected chi connectivity index (χ0v) is 24.0. The Morgan fingerprint density at radius 1 is 1.10 bits per heavy atom. The molecule has 0 spiro atoms. The van der Waals surface area contributed by atoms with E-state index in [9.17, 15) is 34.8 Å². The number of aliphatic hydroxyl groups is 3. The Kier molecular flexibility index (Phi) is 7.42. The van der Waals surface area contributed by atoms with Crippen LogP contribution in [-0.2, 0) is 22.6 Å². The van der Waals surface area contributed by atoms with Crippen molar-refractivity contribution in [3.05, 3.63) is 45.4 Å². The molecule has 0 saturated heterocycles. The molecule has 0 radical (unpaired) electrons. The lowest BCUT2D eigenvalue weighted by atomic mass is 9.58. The number of phenols is 1. The average Bonchev–Trinajstić information content (AvgIpc) is 2.90. The van der Waals surface area contributed by atoms with Crippen molar-refractivity contribution in [3.8, 4) is 5.75 Å². The molecule has 1 unspecified atom stereocenters. The minimum atomic E-state index is -2.65. The number of likely N-dealkylation sites (N-methyl/N-ethyl adjacent to an activating group) is 1. The van der Waals surface area contributed by atoms with E-state index in [1.165, 1.54) is 6.42 Å². The minimum absolute atomic E-state index is 0.0393. The number of rotatable bonds is 6. The molecule has 4 aliphatic carbocycles. The van der Waals surface area contributed by atoms with E-state index in [2.05, 4.69) is 5.32 Å². The van der Waals surface area contributed by atoms with Crippen molar-refractivity contribution in [2.75, 3.05) is 33.1 Å². The Labute approximate surface area is 239 Å². The smallest absolute Gasteiger partial charge is 0.255 e. The van der Waals surface area contributed by atoms with Crippen LogP contribution < -0.4 is 16.0 Å². The number of nitrogens with two attached hydrogens (primary N) is 1. The van der Waals surface area contributed by atoms with Gasteiger partial charge in [0.1, 0.15) is 22.8 Å². The van der Waals surface area contributed by atoms with Crippen LogP contribution in [0.1, 0.15) is 60.0 Å². The molecule has 1 fully saturated rings. The van der Waals surface area contributed by atoms with Crippen LogP contribution in [0.2, 0.25) is 0 Å². The molecule has 4 aliphatic rings. The molecule has 0 aromatic heterocycles. The summed E-state index contributed by atoms with van der Waals surface area (Å²) in [5.74, 6) is -6.44. The largest absolute Gasteiger partial charge is 0.510 e. The fourth-order valence-electron chi connectivity index (χ4n) is 7.45. The van der Waals surface area contributed by atoms with Gasteiger partial charge in [-0.2, -0.15) is 0 Å². The molecule has 41 heavy (non-hydrogen) atoms. The number of ketones is 2. The minimum Gasteiger partial charge on any atom is -0.510 e. The predicted octanol–water partition coefficient (Wildman–Crippen LogP) is 1.61. The maximum Gasteiger partial charge on any atom is 0.255 e. The third kappa shape index (κ3) is 4.41. The van der Waals surface area contributed by atoms with Gasteiger partial charge in [-0.1, -0.05) is 19.3 Å². The van der Waals surface area contributed by atoms with E-state index in [1.807, 2.05) is 25.1 Å². The summed E-state index contributed by atoms with van der Waals surface area (Å²) in [4.78, 5) is 43.2. The monoisotopic (exact) mass is 568 g/mol. The lowest BCUT2D eigenvalue weighted by Gasteiger charge is -2.50. The maximum atomic E-state index is 14.1. The van der Waals surface area contributed by atoms with Gasteiger partial charge >= 0.3 is 0 Å². The summed E-state index contributed by atoms with van der Waals surface area (Å²) in [5.41, 5.74) is 3.76. The zero-order valence-electron chi connectivity index (χ0n) is 24.0. The van der Waals surface area contributed by atoms with Gasteiger partial charge in [-0.05, 0) is 57.3 Å². The van der Waals surface area contributed by atoms with E-state index in [0.29, 0.717) is 23.7 Å². The molecule has 7 N–H and O–H groups in total. The number of nitrogens with one attached hydrogen (secondary N) is 1. The van der Waals surface area contributed by atoms with Crippen LogP contribution in [-0.4, -0.2) is 88.7 Å². The first-order valence-corrected chi connectivity index (χ1v) is 14.2. The molecule has 1 amide bonds. The summed E-state index contributed by atoms with van der Waals surface area (Å²) in [7, 11) is 6.93. The molecule has 222 valence electrons. The van der Waals surface area contributed by atoms with Crippen LogP contribution >= 0.6 is 0 Å². The molecule has 1 aromatic carbocycles. The lowest BCUT2D eigenvalue weighted by Crippen LogP contribution is -2.63. The van der Waals surface area contributed by atoms with E-state index in [1.54, 1.807) is 19.0 Å². The molecule has 0 heterocycles. The number of hydrogen-bond acceptors (Lipinski definition) is 10. The van der Waals surface area contributed by atoms with Crippen molar-refractivity contribution in [2.24, 2.45) is 17.6 Å². The van der Waals surface area contributed by atoms with Crippen molar-refractivity contribution < 1.29 is 34.8 Å². The van der Waals surface area contributed by atoms with Gasteiger partial charge in [-0.25, -0.2) is 0 Å². The van der Waals surface area contributed by atoms with Gasteiger partial charge in [0.2, 0.25) is 5.78 Å². The Bertz CT molecular complexity index is 1380. The van der Waals surface area contributed by atoms with Gasteiger partial charge in [0.25, 0.3) is 5.91 Å². The number of fused-ring (bicyclic) bond motifs is 3. The van der Waals surface area contributed by atoms with Gasteiger partial charge in [0, 0.05) is 49.4 Å². The van der Waals surface area contributed by atoms with Crippen molar-refractivity contribution in [3.63, 3.8) is 0 Å². The van der Waals surface area contributed by atoms with Crippen LogP contribution in [0.3, 0.4) is 0 Å². The number of primary amides is 1. The van der Waals surface area contributed by atoms with Crippen molar-refractivity contribution in [2.45, 2.75) is 69.2 Å². The second-order valence-electron chi connectivity index (χ2n) is 12.3. The molecular weight excluding hydrogens is 528 g/mol. The molecule has 1 saturated carbocycles. The summed E-state index contributed by atoms with van der Waals surface area (Å²) in [6.45, 7) is 0.355. The van der Waals surface area contributed by atoms with Gasteiger partial charge in [-0.15, -0.1) is 0 Å². The van der Waals surface area contributed by atoms with E-state index >= 15 is 0 Å². The van der Waals surface area contributed by atoms with Crippen molar-refractivity contribution in [1.82, 2.24) is 10.2 Å². The summed E-state index contributed by atoms with van der Waals surface area (Å²) in [5, 5.41) is 49.2. The molecule has 4 atom stereocenters. The van der Waals surface area contributed by atoms with E-state index < -0.39 is 58.0 Å². The Hall–Kier alpha value is -3.41. The van der Waals surface area contributed by atoms with Gasteiger partial charge < -0.3 is 36.4 Å². The van der Waals surface area contributed by atoms with Crippen LogP contribution in [0.5, 0.6) is 5.75 Å². The van der Waals surface area contributed by atoms with E-state index in [-0.39, 0.29) is 29.7 Å². The Morgan fingerprint density at radius 3 is 2.34 bits per heavy atom. The third-order valence-electron chi connectivity index (χ3n) is 9.45. The quantitative estimate of drug-likeness (QED) is 0.276. The topological polar surface area (TPSA) is 177 Å². The van der Waals surface area contributed by atoms with Crippen LogP contribution in [0.15, 0.2) is 28.7 Å². The molecule has 11 heteroatoms. The highest BCUT2D eigenvalue weighted by Crippen LogP contribution is 2.53. The number of anilines is 1. The zero-order chi connectivity index (χ0) is 30.0. The fourth-order valence-corrected chi connectivity index (χ4v) is 7.45. The van der Waals surface area contributed by atoms with E-state index in [0.717, 1.165) is 31.4 Å². The first-order valence-electron chi connectivity index (χ1n) is 14.2. The number of aromatic hydroxyl groups is 1. The van der Waals surface area contributed by atoms with E-state index in [4.69, 9.17) is 5.73 Å². The standard InChI is InChI=1S/C30H40N4O7/c1-33(2)19-12-15(13-32-16-8-6-5-7-9-16)24(35)21-17(19)10-14-11-18-23(34(3)4)26(37)22(29(31)40)28(39)30(18,41)27(38)20(14)25(21)36/h12,14,16,18,23,32,35,37-38,41H,5-11,13H2,1-4H3,(H2,31,40)/t14-,18-,23?,30-/m0/s1. The number of benzene rings is 1. The number of carbonyl (C=O) groups excluding carboxylic acids is 3. The normalized spacial score (nSPS) is 28.5. The highest BCUT2D eigenvalue weighted by Gasteiger charge is 2.63. The summed E-state index contributed by atoms with van der Waals surface area (Å²) >= 11 is 0. The number of Topliss-reactive ketones (excluding diaryl/α,β-unsaturated/α-hetero) is 2. The first-order chi connectivity index (χ1) is 19.3. The van der Waals surface area contributed by atoms with Crippen LogP contribution in [0.25, 0.3) is 0 Å². The number of hydrogen-bond donors (Lipinski definition) is 6. The van der Waals surface area contributed by atoms with Crippen molar-refractivity contribution in [1.29, 1.82) is 0 Å². The molecule has 11 nitrogen and oxygen atoms in total. The highest BCUT2D eigenvalue weighted by atomic mass is 16.3. The number of amides is 1. The summed E-state index contributed by atoms with van der Waals surface area (Å²) < 4.78 is 0. The molecular formula is C30H40N4O7. The maximum absolute atomic E-state index is 14.1. The number of phenolic OH excluding ortho intramolecular Hbond substituents is 1. The number of carbonyl (C=O) groups is 3. The summed E-state index contributed by atoms with van der Waals surface area (Å²) in [6.07, 6.45) is 5.91. The van der Waals surface area contributed by atoms with Crippen molar-refractivity contribution >= 4 is 23.2 Å². The number of aliphatic hydroxyl groups excluding tert-OH is 2. The molecule has 1 aromatic rings. The predicted molar refractivity (Wildman–Crippen MR) is 152 cm³/mol. The lowest BCUT2D eigenvalue weighted by molar-refractivity contribution is -0.148. The number of nitrogens with zero attached hydrogens (tertiary/aromatic N) is 2. The Morgan fingerprint density at radius 2 is 1.76 bits per heavy atom. The molecule has 5 rings (SSSR count). The van der Waals surface area contributed by atoms with Gasteiger partial charge in [0.05, 0.1) is 11.6 Å². The SMILES string of the molecule is CN(C)c1cc(CNC2CCCCC2)c(O)c2c1C[C@H]1C[C@H]3C(N(C)C)C(O)=C(C(N)=O)C(=O)[C@@]3(O)C(O)=C1C2=O. The van der Waals surface area contributed by atoms with Crippen LogP contribution in [0, 0.1) is 11.8 Å². The first kappa shape index (κ1) is 29.1. The highest BCUT2D eigenvalue weighted by molar-refractivity contribution is 6.24. The summed E-state index contributed by atoms with van der Waals surface area (Å²) in [6, 6.07) is 1.19. The fraction of sp³-hybridized carbons (Fsp3) is 0.567. The third-order valence-corrected chi connectivity index (χ3v) is 9.45. The Balaban J connectivity index is 1.63. The van der Waals surface area contributed by atoms with Gasteiger partial charge in [0.15, 0.2) is 11.4 Å².